The van der Waals surface area contributed by atoms with E-state index in [-0.39, 0.29) is 0 Å². The Morgan fingerprint density at radius 2 is 1.93 bits per heavy atom. The van der Waals surface area contributed by atoms with E-state index in [9.17, 15) is 9.59 Å². The number of imidazole rings is 1. The number of aromatic nitrogens is 6. The molecule has 0 aliphatic heterocycles. The lowest BCUT2D eigenvalue weighted by atomic mass is 10.2. The number of para-hydroxylation sites is 1. The van der Waals surface area contributed by atoms with Gasteiger partial charge >= 0.3 is 5.69 Å². The highest BCUT2D eigenvalue weighted by atomic mass is 32.2. The van der Waals surface area contributed by atoms with Gasteiger partial charge in [-0.1, -0.05) is 43.3 Å². The summed E-state index contributed by atoms with van der Waals surface area (Å²) in [5.41, 5.74) is 0.996. The number of hydrogen-bond donors (Lipinski definition) is 1. The van der Waals surface area contributed by atoms with E-state index < -0.39 is 11.2 Å². The standard InChI is InChI=1S/C20H22N6O2S/c1-3-5-10-26-17-16(18(27)24-20(26)28)25(4-2)15(23-17)11-29-19-13-8-6-7-9-14(13)21-12-22-19/h6-9,12H,3-5,10-11H2,1-2H3,(H,24,27,28). The van der Waals surface area contributed by atoms with E-state index in [1.165, 1.54) is 0 Å². The number of rotatable bonds is 7. The molecule has 150 valence electrons. The smallest absolute Gasteiger partial charge is 0.322 e. The van der Waals surface area contributed by atoms with Crippen LogP contribution in [-0.4, -0.2) is 29.1 Å². The third-order valence-corrected chi connectivity index (χ3v) is 5.86. The van der Waals surface area contributed by atoms with Gasteiger partial charge in [0.1, 0.15) is 17.2 Å². The first-order valence-corrected chi connectivity index (χ1v) is 10.7. The molecule has 0 aliphatic rings. The number of nitrogens with zero attached hydrogens (tertiary/aromatic N) is 5. The third-order valence-electron chi connectivity index (χ3n) is 4.86. The fourth-order valence-electron chi connectivity index (χ4n) is 3.42. The van der Waals surface area contributed by atoms with Gasteiger partial charge in [0.05, 0.1) is 11.3 Å². The van der Waals surface area contributed by atoms with Gasteiger partial charge in [-0.3, -0.25) is 14.3 Å². The van der Waals surface area contributed by atoms with Gasteiger partial charge in [-0.15, -0.1) is 0 Å². The average Bonchev–Trinajstić information content (AvgIpc) is 3.11. The van der Waals surface area contributed by atoms with Crippen LogP contribution in [0.15, 0.2) is 45.2 Å². The summed E-state index contributed by atoms with van der Waals surface area (Å²) in [6, 6.07) is 7.85. The van der Waals surface area contributed by atoms with Crippen LogP contribution >= 0.6 is 11.8 Å². The number of nitrogens with one attached hydrogen (secondary N) is 1. The first-order valence-electron chi connectivity index (χ1n) is 9.68. The Bertz CT molecular complexity index is 1280. The van der Waals surface area contributed by atoms with E-state index in [0.29, 0.717) is 30.0 Å². The van der Waals surface area contributed by atoms with Gasteiger partial charge in [-0.25, -0.2) is 19.7 Å². The van der Waals surface area contributed by atoms with E-state index in [4.69, 9.17) is 4.98 Å². The van der Waals surface area contributed by atoms with Crippen molar-refractivity contribution in [3.05, 3.63) is 57.3 Å². The van der Waals surface area contributed by atoms with Crippen LogP contribution in [0.1, 0.15) is 32.5 Å². The number of aromatic amines is 1. The van der Waals surface area contributed by atoms with Crippen LogP contribution in [0.2, 0.25) is 0 Å². The summed E-state index contributed by atoms with van der Waals surface area (Å²) < 4.78 is 3.45. The summed E-state index contributed by atoms with van der Waals surface area (Å²) in [5, 5.41) is 1.85. The molecule has 0 radical (unpaired) electrons. The summed E-state index contributed by atoms with van der Waals surface area (Å²) >= 11 is 1.55. The predicted octanol–water partition coefficient (Wildman–Crippen LogP) is 2.94. The van der Waals surface area contributed by atoms with Crippen molar-refractivity contribution in [2.24, 2.45) is 0 Å². The van der Waals surface area contributed by atoms with Crippen molar-refractivity contribution >= 4 is 33.8 Å². The van der Waals surface area contributed by atoms with Crippen molar-refractivity contribution in [3.63, 3.8) is 0 Å². The van der Waals surface area contributed by atoms with Crippen molar-refractivity contribution in [1.29, 1.82) is 0 Å². The van der Waals surface area contributed by atoms with Crippen LogP contribution in [0.5, 0.6) is 0 Å². The van der Waals surface area contributed by atoms with Crippen LogP contribution in [0.4, 0.5) is 0 Å². The van der Waals surface area contributed by atoms with Crippen LogP contribution in [0.25, 0.3) is 22.1 Å². The Balaban J connectivity index is 1.76. The minimum atomic E-state index is -0.405. The maximum atomic E-state index is 12.5. The molecule has 0 unspecified atom stereocenters. The fourth-order valence-corrected chi connectivity index (χ4v) is 4.36. The molecule has 1 N–H and O–H groups in total. The minimum absolute atomic E-state index is 0.393. The second-order valence-corrected chi connectivity index (χ2v) is 7.66. The highest BCUT2D eigenvalue weighted by Crippen LogP contribution is 2.27. The van der Waals surface area contributed by atoms with E-state index in [1.807, 2.05) is 35.8 Å². The molecule has 0 saturated carbocycles. The Kier molecular flexibility index (Phi) is 5.48. The van der Waals surface area contributed by atoms with E-state index >= 15 is 0 Å². The molecular formula is C20H22N6O2S. The molecule has 3 aromatic heterocycles. The van der Waals surface area contributed by atoms with E-state index in [1.54, 1.807) is 22.7 Å². The van der Waals surface area contributed by atoms with Gasteiger partial charge in [-0.2, -0.15) is 0 Å². The molecule has 0 atom stereocenters. The van der Waals surface area contributed by atoms with Gasteiger partial charge in [0.15, 0.2) is 11.2 Å². The van der Waals surface area contributed by atoms with Gasteiger partial charge in [0.2, 0.25) is 0 Å². The lowest BCUT2D eigenvalue weighted by Crippen LogP contribution is -2.31. The Morgan fingerprint density at radius 1 is 1.10 bits per heavy atom. The number of fused-ring (bicyclic) bond motifs is 2. The average molecular weight is 411 g/mol. The van der Waals surface area contributed by atoms with Crippen LogP contribution in [0.3, 0.4) is 0 Å². The summed E-state index contributed by atoms with van der Waals surface area (Å²) in [7, 11) is 0. The quantitative estimate of drug-likeness (QED) is 0.372. The molecule has 0 bridgehead atoms. The summed E-state index contributed by atoms with van der Waals surface area (Å²) in [6.45, 7) is 5.15. The lowest BCUT2D eigenvalue weighted by molar-refractivity contribution is 0.613. The lowest BCUT2D eigenvalue weighted by Gasteiger charge is -2.07. The van der Waals surface area contributed by atoms with Gasteiger partial charge < -0.3 is 4.57 Å². The second-order valence-electron chi connectivity index (χ2n) is 6.69. The molecule has 9 heteroatoms. The molecule has 0 saturated heterocycles. The highest BCUT2D eigenvalue weighted by Gasteiger charge is 2.18. The topological polar surface area (TPSA) is 98.5 Å². The molecule has 0 aliphatic carbocycles. The van der Waals surface area contributed by atoms with Crippen molar-refractivity contribution in [3.8, 4) is 0 Å². The van der Waals surface area contributed by atoms with Crippen molar-refractivity contribution in [2.75, 3.05) is 0 Å². The van der Waals surface area contributed by atoms with Crippen molar-refractivity contribution in [1.82, 2.24) is 29.1 Å². The molecule has 0 amide bonds. The molecule has 4 rings (SSSR count). The number of benzene rings is 1. The molecule has 8 nitrogen and oxygen atoms in total. The highest BCUT2D eigenvalue weighted by molar-refractivity contribution is 7.98. The minimum Gasteiger partial charge on any atom is -0.322 e. The SMILES string of the molecule is CCCCn1c(=O)[nH]c(=O)c2c1nc(CSc1ncnc3ccccc13)n2CC. The number of H-pyrrole nitrogens is 1. The van der Waals surface area contributed by atoms with E-state index in [0.717, 1.165) is 34.6 Å². The van der Waals surface area contributed by atoms with Crippen molar-refractivity contribution in [2.45, 2.75) is 50.6 Å². The molecule has 1 aromatic carbocycles. The first kappa shape index (κ1) is 19.4. The number of hydrogen-bond acceptors (Lipinski definition) is 6. The van der Waals surface area contributed by atoms with Gasteiger partial charge in [0.25, 0.3) is 5.56 Å². The normalized spacial score (nSPS) is 11.5. The second kappa shape index (κ2) is 8.20. The zero-order valence-corrected chi connectivity index (χ0v) is 17.2. The third kappa shape index (κ3) is 3.57. The summed E-state index contributed by atoms with van der Waals surface area (Å²) in [4.78, 5) is 40.7. The molecule has 29 heavy (non-hydrogen) atoms. The predicted molar refractivity (Wildman–Crippen MR) is 114 cm³/mol. The molecule has 0 fully saturated rings. The summed E-state index contributed by atoms with van der Waals surface area (Å²) in [6.07, 6.45) is 3.35. The molecular weight excluding hydrogens is 388 g/mol. The Labute approximate surface area is 171 Å². The van der Waals surface area contributed by atoms with Crippen LogP contribution < -0.4 is 11.2 Å². The zero-order chi connectivity index (χ0) is 20.4. The zero-order valence-electron chi connectivity index (χ0n) is 16.4. The largest absolute Gasteiger partial charge is 0.330 e. The Morgan fingerprint density at radius 3 is 2.72 bits per heavy atom. The summed E-state index contributed by atoms with van der Waals surface area (Å²) in [5.74, 6) is 1.28. The van der Waals surface area contributed by atoms with Gasteiger partial charge in [-0.05, 0) is 19.4 Å². The maximum absolute atomic E-state index is 12.5. The van der Waals surface area contributed by atoms with Gasteiger partial charge in [0, 0.05) is 18.5 Å². The maximum Gasteiger partial charge on any atom is 0.330 e. The molecule has 3 heterocycles. The number of thioether (sulfide) groups is 1. The Hall–Kier alpha value is -2.94. The van der Waals surface area contributed by atoms with Crippen LogP contribution in [0, 0.1) is 0 Å². The van der Waals surface area contributed by atoms with E-state index in [2.05, 4.69) is 21.9 Å². The van der Waals surface area contributed by atoms with Crippen molar-refractivity contribution < 1.29 is 0 Å². The molecule has 4 aromatic rings. The fraction of sp³-hybridized carbons (Fsp3) is 0.350. The van der Waals surface area contributed by atoms with Crippen LogP contribution in [-0.2, 0) is 18.8 Å². The monoisotopic (exact) mass is 410 g/mol. The number of unbranched alkanes of at least 4 members (excludes halogenated alkanes) is 1. The number of aryl methyl sites for hydroxylation is 2. The molecule has 0 spiro atoms. The first-order chi connectivity index (χ1) is 14.1.